The van der Waals surface area contributed by atoms with E-state index in [1.54, 1.807) is 6.20 Å². The fourth-order valence-corrected chi connectivity index (χ4v) is 4.35. The van der Waals surface area contributed by atoms with Crippen molar-refractivity contribution in [3.8, 4) is 0 Å². The minimum absolute atomic E-state index is 0.0324. The molecule has 2 aromatic carbocycles. The molecule has 152 valence electrons. The quantitative estimate of drug-likeness (QED) is 0.684. The van der Waals surface area contributed by atoms with Gasteiger partial charge < -0.3 is 11.5 Å². The van der Waals surface area contributed by atoms with Crippen LogP contribution in [-0.4, -0.2) is 12.3 Å². The molecule has 1 aliphatic carbocycles. The van der Waals surface area contributed by atoms with E-state index in [0.29, 0.717) is 6.54 Å². The van der Waals surface area contributed by atoms with Gasteiger partial charge in [0.2, 0.25) is 0 Å². The lowest BCUT2D eigenvalue weighted by Crippen LogP contribution is -2.33. The van der Waals surface area contributed by atoms with Crippen molar-refractivity contribution in [2.45, 2.75) is 46.5 Å². The fourth-order valence-electron chi connectivity index (χ4n) is 4.35. The van der Waals surface area contributed by atoms with Crippen LogP contribution in [0.3, 0.4) is 0 Å². The molecule has 0 radical (unpaired) electrons. The molecule has 1 atom stereocenters. The lowest BCUT2D eigenvalue weighted by molar-refractivity contribution is 0.324. The number of rotatable bonds is 6. The van der Waals surface area contributed by atoms with Crippen molar-refractivity contribution in [3.05, 3.63) is 88.6 Å². The molecule has 29 heavy (non-hydrogen) atoms. The van der Waals surface area contributed by atoms with Crippen molar-refractivity contribution in [1.29, 1.82) is 0 Å². The van der Waals surface area contributed by atoms with E-state index < -0.39 is 0 Å². The van der Waals surface area contributed by atoms with Gasteiger partial charge in [0.1, 0.15) is 0 Å². The first-order chi connectivity index (χ1) is 14.0. The minimum atomic E-state index is 0.0324. The third kappa shape index (κ3) is 4.86. The zero-order valence-corrected chi connectivity index (χ0v) is 17.9. The Hall–Kier alpha value is -2.65. The van der Waals surface area contributed by atoms with E-state index in [4.69, 9.17) is 16.5 Å². The van der Waals surface area contributed by atoms with Gasteiger partial charge in [-0.2, -0.15) is 0 Å². The minimum Gasteiger partial charge on any atom is -0.404 e. The summed E-state index contributed by atoms with van der Waals surface area (Å²) in [4.78, 5) is 4.92. The smallest absolute Gasteiger partial charge is 0.0683 e. The Labute approximate surface area is 175 Å². The van der Waals surface area contributed by atoms with Crippen molar-refractivity contribution in [1.82, 2.24) is 0 Å². The van der Waals surface area contributed by atoms with Crippen LogP contribution >= 0.6 is 0 Å². The molecule has 3 nitrogen and oxygen atoms in total. The molecule has 0 amide bonds. The Morgan fingerprint density at radius 1 is 1.07 bits per heavy atom. The lowest BCUT2D eigenvalue weighted by Gasteiger charge is -2.40. The number of nitrogens with two attached hydrogens (primary N) is 2. The topological polar surface area (TPSA) is 64.4 Å². The number of aryl methyl sites for hydroxylation is 2. The fraction of sp³-hybridized carbons (Fsp3) is 0.346. The standard InChI is InChI=1S/C26H33N3/c1-4-26(16-21-7-5-6-20(3)14-21)17-22(18-28)25(15-23(26)12-13-27)29-24-10-8-19(2)9-11-24/h5-11,14-15,18H,4,12-13,16-17,27-28H2,1-3H3. The predicted molar refractivity (Wildman–Crippen MR) is 125 cm³/mol. The van der Waals surface area contributed by atoms with Gasteiger partial charge in [-0.25, -0.2) is 4.99 Å². The van der Waals surface area contributed by atoms with Crippen molar-refractivity contribution >= 4 is 11.4 Å². The summed E-state index contributed by atoms with van der Waals surface area (Å²) in [6, 6.07) is 17.1. The molecule has 0 spiro atoms. The zero-order chi connectivity index (χ0) is 20.9. The summed E-state index contributed by atoms with van der Waals surface area (Å²) in [5.41, 5.74) is 20.4. The van der Waals surface area contributed by atoms with Crippen LogP contribution in [-0.2, 0) is 6.42 Å². The van der Waals surface area contributed by atoms with Gasteiger partial charge in [0.15, 0.2) is 0 Å². The van der Waals surface area contributed by atoms with Gasteiger partial charge in [-0.1, -0.05) is 60.0 Å². The highest BCUT2D eigenvalue weighted by molar-refractivity contribution is 6.11. The van der Waals surface area contributed by atoms with Gasteiger partial charge in [0.05, 0.1) is 11.4 Å². The van der Waals surface area contributed by atoms with Gasteiger partial charge in [0, 0.05) is 0 Å². The molecular formula is C26H33N3. The Bertz CT molecular complexity index is 935. The Balaban J connectivity index is 2.05. The summed E-state index contributed by atoms with van der Waals surface area (Å²) >= 11 is 0. The maximum absolute atomic E-state index is 6.09. The van der Waals surface area contributed by atoms with Crippen molar-refractivity contribution in [2.24, 2.45) is 21.9 Å². The zero-order valence-electron chi connectivity index (χ0n) is 17.9. The molecule has 0 saturated heterocycles. The number of hydrogen-bond acceptors (Lipinski definition) is 3. The molecule has 0 bridgehead atoms. The number of aliphatic imine (C=N–C) groups is 1. The summed E-state index contributed by atoms with van der Waals surface area (Å²) in [7, 11) is 0. The molecule has 0 fully saturated rings. The number of nitrogens with zero attached hydrogens (tertiary/aromatic N) is 1. The first kappa shape index (κ1) is 21.1. The molecule has 3 rings (SSSR count). The highest BCUT2D eigenvalue weighted by Gasteiger charge is 2.37. The van der Waals surface area contributed by atoms with Gasteiger partial charge in [-0.15, -0.1) is 0 Å². The van der Waals surface area contributed by atoms with Crippen molar-refractivity contribution < 1.29 is 0 Å². The van der Waals surface area contributed by atoms with Gasteiger partial charge in [-0.05, 0) is 87.0 Å². The summed E-state index contributed by atoms with van der Waals surface area (Å²) < 4.78 is 0. The van der Waals surface area contributed by atoms with Gasteiger partial charge in [-0.3, -0.25) is 0 Å². The molecule has 1 aliphatic rings. The predicted octanol–water partition coefficient (Wildman–Crippen LogP) is 5.54. The van der Waals surface area contributed by atoms with Crippen LogP contribution < -0.4 is 11.5 Å². The second-order valence-electron chi connectivity index (χ2n) is 8.21. The van der Waals surface area contributed by atoms with E-state index in [2.05, 4.69) is 75.4 Å². The summed E-state index contributed by atoms with van der Waals surface area (Å²) in [5, 5.41) is 0. The number of benzene rings is 2. The second-order valence-corrected chi connectivity index (χ2v) is 8.21. The van der Waals surface area contributed by atoms with Crippen LogP contribution in [0.2, 0.25) is 0 Å². The van der Waals surface area contributed by atoms with Crippen LogP contribution in [0.4, 0.5) is 5.69 Å². The summed E-state index contributed by atoms with van der Waals surface area (Å²) in [6.45, 7) is 7.15. The average Bonchev–Trinajstić information content (AvgIpc) is 2.71. The third-order valence-electron chi connectivity index (χ3n) is 6.05. The highest BCUT2D eigenvalue weighted by Crippen LogP contribution is 2.46. The molecular weight excluding hydrogens is 354 g/mol. The highest BCUT2D eigenvalue weighted by atomic mass is 14.8. The molecule has 0 saturated carbocycles. The van der Waals surface area contributed by atoms with E-state index in [9.17, 15) is 0 Å². The van der Waals surface area contributed by atoms with Gasteiger partial charge in [0.25, 0.3) is 0 Å². The molecule has 2 aromatic rings. The van der Waals surface area contributed by atoms with Crippen molar-refractivity contribution in [2.75, 3.05) is 6.54 Å². The molecule has 0 heterocycles. The summed E-state index contributed by atoms with van der Waals surface area (Å²) in [6.07, 6.45) is 7.79. The van der Waals surface area contributed by atoms with Crippen molar-refractivity contribution in [3.63, 3.8) is 0 Å². The first-order valence-corrected chi connectivity index (χ1v) is 10.5. The normalized spacial score (nSPS) is 22.1. The van der Waals surface area contributed by atoms with E-state index in [1.165, 1.54) is 22.3 Å². The SMILES string of the molecule is CCC1(Cc2cccc(C)c2)CC(=CN)C(=Nc2ccc(C)cc2)C=C1CCN. The van der Waals surface area contributed by atoms with E-state index in [0.717, 1.165) is 42.7 Å². The van der Waals surface area contributed by atoms with Gasteiger partial charge >= 0.3 is 0 Å². The van der Waals surface area contributed by atoms with Crippen LogP contribution in [0.1, 0.15) is 42.9 Å². The molecule has 1 unspecified atom stereocenters. The molecule has 0 aliphatic heterocycles. The number of hydrogen-bond donors (Lipinski definition) is 2. The largest absolute Gasteiger partial charge is 0.404 e. The van der Waals surface area contributed by atoms with Crippen LogP contribution in [0, 0.1) is 19.3 Å². The maximum atomic E-state index is 6.09. The van der Waals surface area contributed by atoms with Crippen LogP contribution in [0.25, 0.3) is 0 Å². The average molecular weight is 388 g/mol. The van der Waals surface area contributed by atoms with E-state index >= 15 is 0 Å². The Morgan fingerprint density at radius 3 is 2.45 bits per heavy atom. The lowest BCUT2D eigenvalue weighted by atomic mass is 9.64. The van der Waals surface area contributed by atoms with E-state index in [1.807, 2.05) is 0 Å². The molecule has 0 aromatic heterocycles. The van der Waals surface area contributed by atoms with E-state index in [-0.39, 0.29) is 5.41 Å². The molecule has 3 heteroatoms. The van der Waals surface area contributed by atoms with Crippen LogP contribution in [0.5, 0.6) is 0 Å². The number of allylic oxidation sites excluding steroid dienone is 2. The van der Waals surface area contributed by atoms with Crippen LogP contribution in [0.15, 0.2) is 76.9 Å². The molecule has 4 N–H and O–H groups in total. The Morgan fingerprint density at radius 2 is 1.83 bits per heavy atom. The summed E-state index contributed by atoms with van der Waals surface area (Å²) in [5.74, 6) is 0. The first-order valence-electron chi connectivity index (χ1n) is 10.5. The Kier molecular flexibility index (Phi) is 6.71. The maximum Gasteiger partial charge on any atom is 0.0683 e. The monoisotopic (exact) mass is 387 g/mol. The third-order valence-corrected chi connectivity index (χ3v) is 6.05. The second kappa shape index (κ2) is 9.23.